The molecule has 1 atom stereocenters. The van der Waals surface area contributed by atoms with Gasteiger partial charge in [0.1, 0.15) is 0 Å². The van der Waals surface area contributed by atoms with Gasteiger partial charge in [-0.15, -0.1) is 0 Å². The highest BCUT2D eigenvalue weighted by molar-refractivity contribution is 6.21. The Morgan fingerprint density at radius 3 is 2.33 bits per heavy atom. The minimum absolute atomic E-state index is 0.106. The number of ether oxygens (including phenoxy) is 1. The molecule has 1 unspecified atom stereocenters. The highest BCUT2D eigenvalue weighted by atomic mass is 16.5. The quantitative estimate of drug-likeness (QED) is 0.623. The summed E-state index contributed by atoms with van der Waals surface area (Å²) in [5, 5.41) is 0. The first-order chi connectivity index (χ1) is 11.6. The number of hydrogen-bond acceptors (Lipinski definition) is 5. The first-order valence-electron chi connectivity index (χ1n) is 7.66. The fraction of sp³-hybridized carbons (Fsp3) is 0.222. The zero-order valence-corrected chi connectivity index (χ0v) is 13.1. The number of hydrogen-bond donors (Lipinski definition) is 0. The number of amides is 2. The van der Waals surface area contributed by atoms with E-state index in [9.17, 15) is 14.4 Å². The van der Waals surface area contributed by atoms with E-state index in [-0.39, 0.29) is 13.0 Å². The number of pyridine rings is 1. The van der Waals surface area contributed by atoms with Gasteiger partial charge in [-0.1, -0.05) is 18.2 Å². The van der Waals surface area contributed by atoms with Crippen molar-refractivity contribution in [2.75, 3.05) is 6.61 Å². The van der Waals surface area contributed by atoms with E-state index >= 15 is 0 Å². The summed E-state index contributed by atoms with van der Waals surface area (Å²) >= 11 is 0. The predicted octanol–water partition coefficient (Wildman–Crippen LogP) is 2.37. The Labute approximate surface area is 139 Å². The number of esters is 1. The third-order valence-electron chi connectivity index (χ3n) is 3.87. The van der Waals surface area contributed by atoms with Gasteiger partial charge in [0.05, 0.1) is 30.2 Å². The van der Waals surface area contributed by atoms with Crippen LogP contribution in [0.5, 0.6) is 0 Å². The summed E-state index contributed by atoms with van der Waals surface area (Å²) in [5.74, 6) is -1.29. The van der Waals surface area contributed by atoms with E-state index in [0.717, 1.165) is 4.90 Å². The van der Waals surface area contributed by atoms with Gasteiger partial charge in [0.15, 0.2) is 0 Å². The zero-order chi connectivity index (χ0) is 17.1. The van der Waals surface area contributed by atoms with E-state index in [0.29, 0.717) is 16.7 Å². The minimum Gasteiger partial charge on any atom is -0.466 e. The summed E-state index contributed by atoms with van der Waals surface area (Å²) in [6, 6.07) is 9.33. The van der Waals surface area contributed by atoms with Crippen molar-refractivity contribution in [2.24, 2.45) is 0 Å². The van der Waals surface area contributed by atoms with Crippen molar-refractivity contribution in [3.8, 4) is 0 Å². The maximum atomic E-state index is 12.7. The lowest BCUT2D eigenvalue weighted by Gasteiger charge is -2.25. The fourth-order valence-electron chi connectivity index (χ4n) is 2.80. The Morgan fingerprint density at radius 2 is 1.79 bits per heavy atom. The maximum Gasteiger partial charge on any atom is 0.308 e. The molecular weight excluding hydrogens is 308 g/mol. The van der Waals surface area contributed by atoms with Crippen LogP contribution in [0.15, 0.2) is 48.8 Å². The van der Waals surface area contributed by atoms with Crippen LogP contribution >= 0.6 is 0 Å². The van der Waals surface area contributed by atoms with Gasteiger partial charge in [0, 0.05) is 12.4 Å². The monoisotopic (exact) mass is 324 g/mol. The number of carbonyl (C=O) groups excluding carboxylic acids is 3. The van der Waals surface area contributed by atoms with E-state index in [1.165, 1.54) is 0 Å². The van der Waals surface area contributed by atoms with Crippen LogP contribution in [-0.4, -0.2) is 34.3 Å². The first-order valence-corrected chi connectivity index (χ1v) is 7.66. The van der Waals surface area contributed by atoms with Crippen molar-refractivity contribution in [1.29, 1.82) is 0 Å². The van der Waals surface area contributed by atoms with Crippen molar-refractivity contribution in [1.82, 2.24) is 9.88 Å². The van der Waals surface area contributed by atoms with Gasteiger partial charge < -0.3 is 4.74 Å². The van der Waals surface area contributed by atoms with Gasteiger partial charge in [-0.3, -0.25) is 24.3 Å². The molecule has 1 aliphatic heterocycles. The molecule has 6 heteroatoms. The molecule has 6 nitrogen and oxygen atoms in total. The molecule has 3 rings (SSSR count). The second-order valence-corrected chi connectivity index (χ2v) is 5.34. The number of nitrogens with zero attached hydrogens (tertiary/aromatic N) is 2. The molecule has 2 amide bonds. The number of rotatable bonds is 5. The topological polar surface area (TPSA) is 76.6 Å². The van der Waals surface area contributed by atoms with Gasteiger partial charge in [-0.2, -0.15) is 0 Å². The first kappa shape index (κ1) is 15.9. The van der Waals surface area contributed by atoms with Crippen molar-refractivity contribution in [3.63, 3.8) is 0 Å². The van der Waals surface area contributed by atoms with Crippen molar-refractivity contribution < 1.29 is 19.1 Å². The van der Waals surface area contributed by atoms with E-state index in [4.69, 9.17) is 4.74 Å². The van der Waals surface area contributed by atoms with Crippen LogP contribution in [0, 0.1) is 0 Å². The van der Waals surface area contributed by atoms with Crippen LogP contribution in [0.1, 0.15) is 45.7 Å². The molecule has 0 radical (unpaired) electrons. The van der Waals surface area contributed by atoms with Gasteiger partial charge in [0.2, 0.25) is 0 Å². The molecule has 0 saturated heterocycles. The van der Waals surface area contributed by atoms with Crippen molar-refractivity contribution in [3.05, 3.63) is 65.5 Å². The Morgan fingerprint density at radius 1 is 1.12 bits per heavy atom. The second-order valence-electron chi connectivity index (χ2n) is 5.34. The lowest BCUT2D eigenvalue weighted by atomic mass is 10.0. The molecule has 24 heavy (non-hydrogen) atoms. The van der Waals surface area contributed by atoms with Gasteiger partial charge >= 0.3 is 5.97 Å². The molecule has 0 fully saturated rings. The summed E-state index contributed by atoms with van der Waals surface area (Å²) in [7, 11) is 0. The van der Waals surface area contributed by atoms with Crippen LogP contribution in [0.2, 0.25) is 0 Å². The molecular formula is C18H16N2O4. The summed E-state index contributed by atoms with van der Waals surface area (Å²) in [4.78, 5) is 42.5. The molecule has 122 valence electrons. The number of benzene rings is 1. The van der Waals surface area contributed by atoms with Gasteiger partial charge in [0.25, 0.3) is 11.8 Å². The average molecular weight is 324 g/mol. The highest BCUT2D eigenvalue weighted by Gasteiger charge is 2.41. The van der Waals surface area contributed by atoms with E-state index in [1.54, 1.807) is 55.7 Å². The Kier molecular flexibility index (Phi) is 4.37. The molecule has 1 aliphatic rings. The minimum atomic E-state index is -0.745. The van der Waals surface area contributed by atoms with Crippen LogP contribution in [0.3, 0.4) is 0 Å². The Bertz CT molecular complexity index is 754. The van der Waals surface area contributed by atoms with E-state index in [1.807, 2.05) is 0 Å². The normalized spacial score (nSPS) is 14.5. The summed E-state index contributed by atoms with van der Waals surface area (Å²) in [6.07, 6.45) is 3.03. The van der Waals surface area contributed by atoms with Crippen molar-refractivity contribution >= 4 is 17.8 Å². The molecule has 1 aromatic heterocycles. The maximum absolute atomic E-state index is 12.7. The van der Waals surface area contributed by atoms with E-state index < -0.39 is 23.8 Å². The molecule has 1 aromatic carbocycles. The zero-order valence-electron chi connectivity index (χ0n) is 13.1. The molecule has 0 saturated carbocycles. The number of aromatic nitrogens is 1. The van der Waals surface area contributed by atoms with Gasteiger partial charge in [-0.25, -0.2) is 0 Å². The number of carbonyl (C=O) groups is 3. The summed E-state index contributed by atoms with van der Waals surface area (Å²) < 4.78 is 4.99. The number of fused-ring (bicyclic) bond motifs is 1. The Hall–Kier alpha value is -3.02. The molecule has 0 bridgehead atoms. The van der Waals surface area contributed by atoms with Crippen LogP contribution in [0.4, 0.5) is 0 Å². The SMILES string of the molecule is CCOC(=O)CC(c1cccnc1)N1C(=O)c2ccccc2C1=O. The summed E-state index contributed by atoms with van der Waals surface area (Å²) in [6.45, 7) is 1.94. The molecule has 2 aromatic rings. The lowest BCUT2D eigenvalue weighted by molar-refractivity contribution is -0.144. The molecule has 0 aliphatic carbocycles. The average Bonchev–Trinajstić information content (AvgIpc) is 2.86. The highest BCUT2D eigenvalue weighted by Crippen LogP contribution is 2.33. The Balaban J connectivity index is 1.99. The predicted molar refractivity (Wildman–Crippen MR) is 85.2 cm³/mol. The largest absolute Gasteiger partial charge is 0.466 e. The van der Waals surface area contributed by atoms with Crippen LogP contribution in [0.25, 0.3) is 0 Å². The lowest BCUT2D eigenvalue weighted by Crippen LogP contribution is -2.35. The molecule has 2 heterocycles. The van der Waals surface area contributed by atoms with Crippen LogP contribution < -0.4 is 0 Å². The molecule has 0 N–H and O–H groups in total. The second kappa shape index (κ2) is 6.62. The van der Waals surface area contributed by atoms with E-state index in [2.05, 4.69) is 4.98 Å². The molecule has 0 spiro atoms. The standard InChI is InChI=1S/C18H16N2O4/c1-2-24-16(21)10-15(12-6-5-9-19-11-12)20-17(22)13-7-3-4-8-14(13)18(20)23/h3-9,11,15H,2,10H2,1H3. The third kappa shape index (κ3) is 2.78. The van der Waals surface area contributed by atoms with Crippen molar-refractivity contribution in [2.45, 2.75) is 19.4 Å². The third-order valence-corrected chi connectivity index (χ3v) is 3.87. The fourth-order valence-corrected chi connectivity index (χ4v) is 2.80. The smallest absolute Gasteiger partial charge is 0.308 e. The van der Waals surface area contributed by atoms with Crippen LogP contribution in [-0.2, 0) is 9.53 Å². The summed E-state index contributed by atoms with van der Waals surface area (Å²) in [5.41, 5.74) is 1.31. The number of imide groups is 1. The van der Waals surface area contributed by atoms with Gasteiger partial charge in [-0.05, 0) is 30.7 Å².